The Bertz CT molecular complexity index is 827. The van der Waals surface area contributed by atoms with Crippen LogP contribution in [0.2, 0.25) is 0 Å². The second kappa shape index (κ2) is 7.73. The zero-order chi connectivity index (χ0) is 17.6. The summed E-state index contributed by atoms with van der Waals surface area (Å²) < 4.78 is 16.3. The molecular weight excluding hydrogens is 316 g/mol. The van der Waals surface area contributed by atoms with E-state index in [0.717, 1.165) is 11.3 Å². The highest BCUT2D eigenvalue weighted by Crippen LogP contribution is 2.34. The Hall–Kier alpha value is -2.98. The second-order valence-corrected chi connectivity index (χ2v) is 5.49. The van der Waals surface area contributed by atoms with Crippen LogP contribution in [0, 0.1) is 0 Å². The van der Waals surface area contributed by atoms with Gasteiger partial charge in [0.2, 0.25) is 0 Å². The van der Waals surface area contributed by atoms with Crippen LogP contribution in [-0.4, -0.2) is 19.3 Å². The minimum absolute atomic E-state index is 0.600. The van der Waals surface area contributed by atoms with E-state index in [0.29, 0.717) is 22.8 Å². The van der Waals surface area contributed by atoms with Crippen LogP contribution < -0.4 is 14.2 Å². The number of hydrogen-bond acceptors (Lipinski definition) is 4. The third-order valence-corrected chi connectivity index (χ3v) is 3.91. The Balaban J connectivity index is 1.89. The number of aliphatic hydroxyl groups is 1. The van der Waals surface area contributed by atoms with Crippen molar-refractivity contribution in [2.45, 2.75) is 6.10 Å². The van der Waals surface area contributed by atoms with Gasteiger partial charge in [0.15, 0.2) is 0 Å². The molecular formula is C21H20O4. The molecule has 3 rings (SSSR count). The first-order chi connectivity index (χ1) is 12.2. The van der Waals surface area contributed by atoms with Crippen molar-refractivity contribution in [2.24, 2.45) is 0 Å². The van der Waals surface area contributed by atoms with Crippen molar-refractivity contribution in [3.8, 4) is 23.0 Å². The monoisotopic (exact) mass is 336 g/mol. The first kappa shape index (κ1) is 16.9. The summed E-state index contributed by atoms with van der Waals surface area (Å²) in [5, 5.41) is 10.8. The summed E-state index contributed by atoms with van der Waals surface area (Å²) in [6.07, 6.45) is -0.815. The Kier molecular flexibility index (Phi) is 5.21. The first-order valence-corrected chi connectivity index (χ1v) is 7.94. The van der Waals surface area contributed by atoms with Crippen molar-refractivity contribution in [2.75, 3.05) is 14.2 Å². The van der Waals surface area contributed by atoms with Crippen molar-refractivity contribution in [1.29, 1.82) is 0 Å². The number of ether oxygens (including phenoxy) is 3. The van der Waals surface area contributed by atoms with Crippen LogP contribution in [-0.2, 0) is 0 Å². The van der Waals surface area contributed by atoms with Gasteiger partial charge in [-0.2, -0.15) is 0 Å². The molecule has 1 atom stereocenters. The van der Waals surface area contributed by atoms with Crippen molar-refractivity contribution >= 4 is 0 Å². The van der Waals surface area contributed by atoms with Crippen molar-refractivity contribution < 1.29 is 19.3 Å². The number of methoxy groups -OCH3 is 2. The van der Waals surface area contributed by atoms with Gasteiger partial charge in [-0.1, -0.05) is 30.3 Å². The molecule has 0 fully saturated rings. The molecule has 0 spiro atoms. The van der Waals surface area contributed by atoms with E-state index in [2.05, 4.69) is 0 Å². The van der Waals surface area contributed by atoms with Gasteiger partial charge in [0.05, 0.1) is 14.2 Å². The predicted molar refractivity (Wildman–Crippen MR) is 96.6 cm³/mol. The Morgan fingerprint density at radius 1 is 0.720 bits per heavy atom. The van der Waals surface area contributed by atoms with Crippen LogP contribution in [0.25, 0.3) is 0 Å². The molecule has 4 nitrogen and oxygen atoms in total. The number of hydrogen-bond donors (Lipinski definition) is 1. The van der Waals surface area contributed by atoms with Crippen molar-refractivity contribution in [3.63, 3.8) is 0 Å². The van der Waals surface area contributed by atoms with E-state index in [-0.39, 0.29) is 0 Å². The summed E-state index contributed by atoms with van der Waals surface area (Å²) >= 11 is 0. The molecule has 0 saturated carbocycles. The number of aliphatic hydroxyl groups excluding tert-OH is 1. The van der Waals surface area contributed by atoms with Gasteiger partial charge in [-0.05, 0) is 48.0 Å². The fourth-order valence-corrected chi connectivity index (χ4v) is 2.56. The maximum Gasteiger partial charge on any atom is 0.133 e. The lowest BCUT2D eigenvalue weighted by Gasteiger charge is -2.17. The molecule has 3 aromatic rings. The highest BCUT2D eigenvalue weighted by molar-refractivity contribution is 5.44. The van der Waals surface area contributed by atoms with Crippen LogP contribution in [0.4, 0.5) is 0 Å². The standard InChI is InChI=1S/C21H20O4/c1-23-16-10-12-17(13-11-16)25-20-9-4-3-8-19(20)21(22)15-6-5-7-18(14-15)24-2/h3-14,21-22H,1-2H3. The highest BCUT2D eigenvalue weighted by Gasteiger charge is 2.16. The molecule has 1 N–H and O–H groups in total. The van der Waals surface area contributed by atoms with Gasteiger partial charge in [-0.25, -0.2) is 0 Å². The van der Waals surface area contributed by atoms with Crippen LogP contribution in [0.15, 0.2) is 72.8 Å². The van der Waals surface area contributed by atoms with E-state index >= 15 is 0 Å². The summed E-state index contributed by atoms with van der Waals surface area (Å²) in [7, 11) is 3.22. The van der Waals surface area contributed by atoms with E-state index < -0.39 is 6.10 Å². The van der Waals surface area contributed by atoms with Gasteiger partial charge in [-0.15, -0.1) is 0 Å². The molecule has 0 heterocycles. The molecule has 0 aliphatic rings. The predicted octanol–water partition coefficient (Wildman–Crippen LogP) is 4.58. The summed E-state index contributed by atoms with van der Waals surface area (Å²) in [4.78, 5) is 0. The zero-order valence-electron chi connectivity index (χ0n) is 14.2. The lowest BCUT2D eigenvalue weighted by atomic mass is 10.0. The van der Waals surface area contributed by atoms with Gasteiger partial charge in [0, 0.05) is 5.56 Å². The van der Waals surface area contributed by atoms with Crippen LogP contribution in [0.1, 0.15) is 17.2 Å². The third kappa shape index (κ3) is 3.92. The molecule has 4 heteroatoms. The van der Waals surface area contributed by atoms with Gasteiger partial charge < -0.3 is 19.3 Å². The van der Waals surface area contributed by atoms with E-state index in [9.17, 15) is 5.11 Å². The lowest BCUT2D eigenvalue weighted by molar-refractivity contribution is 0.216. The van der Waals surface area contributed by atoms with Gasteiger partial charge in [0.25, 0.3) is 0 Å². The maximum absolute atomic E-state index is 10.8. The zero-order valence-corrected chi connectivity index (χ0v) is 14.2. The molecule has 25 heavy (non-hydrogen) atoms. The molecule has 0 amide bonds. The smallest absolute Gasteiger partial charge is 0.133 e. The van der Waals surface area contributed by atoms with Crippen molar-refractivity contribution in [1.82, 2.24) is 0 Å². The van der Waals surface area contributed by atoms with Gasteiger partial charge >= 0.3 is 0 Å². The average Bonchev–Trinajstić information content (AvgIpc) is 2.68. The van der Waals surface area contributed by atoms with Crippen molar-refractivity contribution in [3.05, 3.63) is 83.9 Å². The maximum atomic E-state index is 10.8. The minimum Gasteiger partial charge on any atom is -0.497 e. The SMILES string of the molecule is COc1ccc(Oc2ccccc2C(O)c2cccc(OC)c2)cc1. The number of para-hydroxylation sites is 1. The van der Waals surface area contributed by atoms with Crippen LogP contribution in [0.5, 0.6) is 23.0 Å². The largest absolute Gasteiger partial charge is 0.497 e. The normalized spacial score (nSPS) is 11.6. The quantitative estimate of drug-likeness (QED) is 0.716. The van der Waals surface area contributed by atoms with Gasteiger partial charge in [-0.3, -0.25) is 0 Å². The number of rotatable bonds is 6. The average molecular weight is 336 g/mol. The molecule has 0 aromatic heterocycles. The van der Waals surface area contributed by atoms with E-state index in [1.54, 1.807) is 14.2 Å². The van der Waals surface area contributed by atoms with Crippen LogP contribution >= 0.6 is 0 Å². The van der Waals surface area contributed by atoms with E-state index in [1.165, 1.54) is 0 Å². The van der Waals surface area contributed by atoms with Gasteiger partial charge in [0.1, 0.15) is 29.1 Å². The third-order valence-electron chi connectivity index (χ3n) is 3.91. The molecule has 0 radical (unpaired) electrons. The fourth-order valence-electron chi connectivity index (χ4n) is 2.56. The summed E-state index contributed by atoms with van der Waals surface area (Å²) in [6, 6.07) is 22.1. The molecule has 3 aromatic carbocycles. The molecule has 0 saturated heterocycles. The van der Waals surface area contributed by atoms with Crippen LogP contribution in [0.3, 0.4) is 0 Å². The number of benzene rings is 3. The van der Waals surface area contributed by atoms with E-state index in [4.69, 9.17) is 14.2 Å². The second-order valence-electron chi connectivity index (χ2n) is 5.49. The summed E-state index contributed by atoms with van der Waals surface area (Å²) in [5.41, 5.74) is 1.43. The highest BCUT2D eigenvalue weighted by atomic mass is 16.5. The lowest BCUT2D eigenvalue weighted by Crippen LogP contribution is -2.02. The Morgan fingerprint density at radius 3 is 2.12 bits per heavy atom. The summed E-state index contributed by atoms with van der Waals surface area (Å²) in [6.45, 7) is 0. The Labute approximate surface area is 147 Å². The molecule has 128 valence electrons. The van der Waals surface area contributed by atoms with E-state index in [1.807, 2.05) is 72.8 Å². The molecule has 0 bridgehead atoms. The Morgan fingerprint density at radius 2 is 1.40 bits per heavy atom. The molecule has 0 aliphatic carbocycles. The first-order valence-electron chi connectivity index (χ1n) is 7.94. The molecule has 1 unspecified atom stereocenters. The minimum atomic E-state index is -0.815. The topological polar surface area (TPSA) is 47.9 Å². The molecule has 0 aliphatic heterocycles. The summed E-state index contributed by atoms with van der Waals surface area (Å²) in [5.74, 6) is 2.73. The fraction of sp³-hybridized carbons (Fsp3) is 0.143.